The Balaban J connectivity index is 1.10. The van der Waals surface area contributed by atoms with E-state index in [0.29, 0.717) is 30.3 Å². The number of hydrogen-bond donors (Lipinski definition) is 0. The van der Waals surface area contributed by atoms with Gasteiger partial charge in [-0.25, -0.2) is 0 Å². The first-order valence-electron chi connectivity index (χ1n) is 10.9. The molecule has 2 aliphatic carbocycles. The number of allylic oxidation sites excluding steroid dienone is 1. The van der Waals surface area contributed by atoms with Crippen molar-refractivity contribution in [2.45, 2.75) is 41.2 Å². The first-order chi connectivity index (χ1) is 15.2. The zero-order chi connectivity index (χ0) is 20.5. The van der Waals surface area contributed by atoms with Crippen LogP contribution in [-0.2, 0) is 12.8 Å². The topological polar surface area (TPSA) is 18.5 Å². The van der Waals surface area contributed by atoms with E-state index < -0.39 is 0 Å². The summed E-state index contributed by atoms with van der Waals surface area (Å²) in [5, 5.41) is 0.537. The van der Waals surface area contributed by atoms with Crippen molar-refractivity contribution >= 4 is 29.2 Å². The van der Waals surface area contributed by atoms with Gasteiger partial charge >= 0.3 is 0 Å². The second kappa shape index (κ2) is 6.88. The lowest BCUT2D eigenvalue weighted by Gasteiger charge is -2.42. The van der Waals surface area contributed by atoms with Crippen molar-refractivity contribution in [2.75, 3.05) is 13.2 Å². The van der Waals surface area contributed by atoms with E-state index in [9.17, 15) is 4.39 Å². The van der Waals surface area contributed by atoms with Gasteiger partial charge in [0.2, 0.25) is 0 Å². The van der Waals surface area contributed by atoms with Crippen LogP contribution in [0.5, 0.6) is 11.5 Å². The van der Waals surface area contributed by atoms with Crippen molar-refractivity contribution < 1.29 is 13.9 Å². The summed E-state index contributed by atoms with van der Waals surface area (Å²) in [5.41, 5.74) is 6.98. The summed E-state index contributed by atoms with van der Waals surface area (Å²) in [7, 11) is 0. The normalized spacial score (nSPS) is 24.1. The number of ether oxygens (including phenoxy) is 2. The van der Waals surface area contributed by atoms with Gasteiger partial charge < -0.3 is 9.47 Å². The molecule has 0 bridgehead atoms. The lowest BCUT2D eigenvalue weighted by Crippen LogP contribution is -2.27. The maximum atomic E-state index is 13.8. The summed E-state index contributed by atoms with van der Waals surface area (Å²) >= 11 is 3.30. The molecule has 0 saturated carbocycles. The number of rotatable bonds is 3. The molecule has 0 radical (unpaired) electrons. The van der Waals surface area contributed by atoms with E-state index in [2.05, 4.69) is 36.4 Å². The minimum Gasteiger partial charge on any atom is -0.486 e. The van der Waals surface area contributed by atoms with Crippen LogP contribution in [0.1, 0.15) is 51.0 Å². The molecule has 2 aromatic carbocycles. The maximum absolute atomic E-state index is 13.8. The van der Waals surface area contributed by atoms with Gasteiger partial charge in [0.05, 0.1) is 0 Å². The van der Waals surface area contributed by atoms with Gasteiger partial charge in [0, 0.05) is 26.9 Å². The smallest absolute Gasteiger partial charge is 0.177 e. The van der Waals surface area contributed by atoms with Gasteiger partial charge in [0.25, 0.3) is 0 Å². The van der Waals surface area contributed by atoms with Gasteiger partial charge in [-0.3, -0.25) is 0 Å². The minimum absolute atomic E-state index is 0.0698. The Morgan fingerprint density at radius 2 is 1.90 bits per heavy atom. The highest BCUT2D eigenvalue weighted by Gasteiger charge is 2.44. The standard InChI is InChI=1S/C26H21FO2S2/c27-24-13-19-23(31-24)8-5-17-25-16(26(17)19)4-7-22-18(25)12-15(30-22)3-1-14-2-6-20-21(11-14)29-10-9-28-20/h2,4-8,11,13,15,17,26H,1,3,9-10,12H2. The van der Waals surface area contributed by atoms with E-state index in [1.165, 1.54) is 38.5 Å². The van der Waals surface area contributed by atoms with E-state index in [4.69, 9.17) is 9.47 Å². The minimum atomic E-state index is -0.0698. The molecule has 2 nitrogen and oxygen atoms in total. The molecule has 0 saturated heterocycles. The Kier molecular flexibility index (Phi) is 4.07. The summed E-state index contributed by atoms with van der Waals surface area (Å²) in [6, 6.07) is 12.7. The molecule has 0 fully saturated rings. The van der Waals surface area contributed by atoms with E-state index in [1.54, 1.807) is 11.6 Å². The van der Waals surface area contributed by atoms with Gasteiger partial charge in [-0.05, 0) is 77.4 Å². The van der Waals surface area contributed by atoms with Crippen LogP contribution in [0.4, 0.5) is 4.39 Å². The zero-order valence-corrected chi connectivity index (χ0v) is 18.5. The molecule has 31 heavy (non-hydrogen) atoms. The fraction of sp³-hybridized carbons (Fsp3) is 0.308. The van der Waals surface area contributed by atoms with Gasteiger partial charge in [0.15, 0.2) is 16.6 Å². The van der Waals surface area contributed by atoms with Crippen LogP contribution in [0.2, 0.25) is 0 Å². The first kappa shape index (κ1) is 18.3. The largest absolute Gasteiger partial charge is 0.486 e. The third kappa shape index (κ3) is 2.82. The lowest BCUT2D eigenvalue weighted by atomic mass is 9.61. The Bertz CT molecular complexity index is 1240. The number of aryl methyl sites for hydroxylation is 1. The molecule has 3 unspecified atom stereocenters. The highest BCUT2D eigenvalue weighted by molar-refractivity contribution is 8.00. The van der Waals surface area contributed by atoms with Crippen molar-refractivity contribution in [3.63, 3.8) is 0 Å². The quantitative estimate of drug-likeness (QED) is 0.452. The van der Waals surface area contributed by atoms with Gasteiger partial charge in [-0.15, -0.1) is 23.1 Å². The molecular formula is C26H21FO2S2. The van der Waals surface area contributed by atoms with Crippen molar-refractivity contribution in [2.24, 2.45) is 0 Å². The van der Waals surface area contributed by atoms with Crippen molar-refractivity contribution in [1.82, 2.24) is 0 Å². The molecule has 0 amide bonds. The molecule has 3 aromatic rings. The Morgan fingerprint density at radius 1 is 1.00 bits per heavy atom. The average molecular weight is 449 g/mol. The zero-order valence-electron chi connectivity index (χ0n) is 16.9. The van der Waals surface area contributed by atoms with Crippen LogP contribution in [0.25, 0.3) is 6.08 Å². The van der Waals surface area contributed by atoms with Crippen LogP contribution in [0.3, 0.4) is 0 Å². The molecule has 0 N–H and O–H groups in total. The molecule has 0 spiro atoms. The summed E-state index contributed by atoms with van der Waals surface area (Å²) in [6.45, 7) is 1.26. The number of hydrogen-bond acceptors (Lipinski definition) is 4. The van der Waals surface area contributed by atoms with Crippen LogP contribution >= 0.6 is 23.1 Å². The third-order valence-corrected chi connectivity index (χ3v) is 9.29. The van der Waals surface area contributed by atoms with Crippen LogP contribution < -0.4 is 9.47 Å². The predicted molar refractivity (Wildman–Crippen MR) is 123 cm³/mol. The molecule has 3 heterocycles. The van der Waals surface area contributed by atoms with Crippen molar-refractivity contribution in [3.8, 4) is 11.5 Å². The van der Waals surface area contributed by atoms with Crippen molar-refractivity contribution in [1.29, 1.82) is 0 Å². The van der Waals surface area contributed by atoms with Crippen molar-refractivity contribution in [3.05, 3.63) is 80.3 Å². The Morgan fingerprint density at radius 3 is 2.84 bits per heavy atom. The van der Waals surface area contributed by atoms with E-state index in [-0.39, 0.29) is 5.13 Å². The second-order valence-electron chi connectivity index (χ2n) is 8.74. The lowest BCUT2D eigenvalue weighted by molar-refractivity contribution is 0.171. The predicted octanol–water partition coefficient (Wildman–Crippen LogP) is 6.56. The molecular weight excluding hydrogens is 427 g/mol. The van der Waals surface area contributed by atoms with Gasteiger partial charge in [-0.2, -0.15) is 4.39 Å². The number of fused-ring (bicyclic) bond motifs is 9. The van der Waals surface area contributed by atoms with E-state index in [0.717, 1.165) is 35.6 Å². The molecule has 4 aliphatic rings. The SMILES string of the molecule is Fc1cc2c(s1)C=CC1c3c(ccc4c3CC(CCc3ccc5c(c3)OCCO5)S4)C21. The van der Waals surface area contributed by atoms with E-state index in [1.807, 2.05) is 17.8 Å². The number of thiophene rings is 1. The highest BCUT2D eigenvalue weighted by atomic mass is 32.2. The molecule has 1 aromatic heterocycles. The maximum Gasteiger partial charge on any atom is 0.177 e. The first-order valence-corrected chi connectivity index (χ1v) is 12.6. The molecule has 3 atom stereocenters. The Labute approximate surface area is 189 Å². The molecule has 5 heteroatoms. The monoisotopic (exact) mass is 448 g/mol. The molecule has 156 valence electrons. The second-order valence-corrected chi connectivity index (χ2v) is 11.1. The van der Waals surface area contributed by atoms with Crippen LogP contribution in [0, 0.1) is 5.13 Å². The number of benzene rings is 2. The molecule has 2 aliphatic heterocycles. The fourth-order valence-electron chi connectivity index (χ4n) is 5.61. The van der Waals surface area contributed by atoms with Crippen LogP contribution in [-0.4, -0.2) is 18.5 Å². The number of thioether (sulfide) groups is 1. The van der Waals surface area contributed by atoms with Gasteiger partial charge in [-0.1, -0.05) is 18.2 Å². The number of halogens is 1. The van der Waals surface area contributed by atoms with Gasteiger partial charge in [0.1, 0.15) is 13.2 Å². The summed E-state index contributed by atoms with van der Waals surface area (Å²) < 4.78 is 25.2. The molecule has 7 rings (SSSR count). The van der Waals surface area contributed by atoms with E-state index >= 15 is 0 Å². The third-order valence-electron chi connectivity index (χ3n) is 7.01. The van der Waals surface area contributed by atoms with Crippen LogP contribution in [0.15, 0.2) is 47.4 Å². The Hall–Kier alpha value is -2.24. The summed E-state index contributed by atoms with van der Waals surface area (Å²) in [5.74, 6) is 2.51. The fourth-order valence-corrected chi connectivity index (χ4v) is 7.79. The highest BCUT2D eigenvalue weighted by Crippen LogP contribution is 2.59. The summed E-state index contributed by atoms with van der Waals surface area (Å²) in [6.07, 6.45) is 7.77. The average Bonchev–Trinajstić information content (AvgIpc) is 3.35. The summed E-state index contributed by atoms with van der Waals surface area (Å²) in [4.78, 5) is 2.54.